The number of anilines is 2. The van der Waals surface area contributed by atoms with Crippen molar-refractivity contribution in [1.29, 1.82) is 0 Å². The van der Waals surface area contributed by atoms with E-state index in [-0.39, 0.29) is 18.4 Å². The van der Waals surface area contributed by atoms with Gasteiger partial charge in [0.2, 0.25) is 5.91 Å². The number of benzene rings is 1. The SMILES string of the molecule is COC(=O)C1CC(C(=O)N(C)[C@@H](c2ccc(Nc3cnc4cccnc4c3C3CC3)cc2)C(F)(F)F)C1. The molecule has 5 rings (SSSR count). The van der Waals surface area contributed by atoms with Gasteiger partial charge >= 0.3 is 12.1 Å². The number of pyridine rings is 2. The molecule has 194 valence electrons. The number of alkyl halides is 3. The summed E-state index contributed by atoms with van der Waals surface area (Å²) in [5, 5.41) is 3.29. The van der Waals surface area contributed by atoms with Gasteiger partial charge in [0.15, 0.2) is 6.04 Å². The highest BCUT2D eigenvalue weighted by molar-refractivity contribution is 5.85. The maximum absolute atomic E-state index is 14.1. The van der Waals surface area contributed by atoms with Crippen molar-refractivity contribution < 1.29 is 27.5 Å². The molecule has 0 bridgehead atoms. The van der Waals surface area contributed by atoms with Crippen LogP contribution in [-0.4, -0.2) is 47.1 Å². The molecule has 0 aliphatic heterocycles. The average molecular weight is 513 g/mol. The Bertz CT molecular complexity index is 1320. The van der Waals surface area contributed by atoms with Crippen LogP contribution >= 0.6 is 0 Å². The van der Waals surface area contributed by atoms with Crippen LogP contribution < -0.4 is 5.32 Å². The third-order valence-corrected chi connectivity index (χ3v) is 7.22. The third kappa shape index (κ3) is 4.97. The Morgan fingerprint density at radius 3 is 2.41 bits per heavy atom. The lowest BCUT2D eigenvalue weighted by molar-refractivity contribution is -0.192. The van der Waals surface area contributed by atoms with Gasteiger partial charge in [0.05, 0.1) is 35.9 Å². The molecule has 10 heteroatoms. The standard InChI is InChI=1S/C27H27F3N4O3/c1-34(25(35)17-12-18(13-17)26(36)37-2)24(27(28,29)30)16-7-9-19(10-8-16)33-21-14-32-20-4-3-11-31-23(20)22(21)15-5-6-15/h3-4,7-11,14-15,17-18,24,33H,5-6,12-13H2,1-2H3/t17?,18?,24-/m0/s1. The third-order valence-electron chi connectivity index (χ3n) is 7.22. The van der Waals surface area contributed by atoms with Crippen molar-refractivity contribution in [2.24, 2.45) is 11.8 Å². The van der Waals surface area contributed by atoms with Crippen LogP contribution in [0.2, 0.25) is 0 Å². The molecule has 7 nitrogen and oxygen atoms in total. The number of carbonyl (C=O) groups excluding carboxylic acids is 2. The molecule has 2 heterocycles. The summed E-state index contributed by atoms with van der Waals surface area (Å²) in [4.78, 5) is 34.1. The van der Waals surface area contributed by atoms with Crippen LogP contribution in [0.15, 0.2) is 48.8 Å². The summed E-state index contributed by atoms with van der Waals surface area (Å²) in [5.41, 5.74) is 4.05. The zero-order valence-corrected chi connectivity index (χ0v) is 20.5. The molecule has 0 radical (unpaired) electrons. The van der Waals surface area contributed by atoms with Crippen LogP contribution in [0.5, 0.6) is 0 Å². The number of methoxy groups -OCH3 is 1. The Kier molecular flexibility index (Phi) is 6.51. The summed E-state index contributed by atoms with van der Waals surface area (Å²) < 4.78 is 47.0. The van der Waals surface area contributed by atoms with Crippen molar-refractivity contribution in [3.8, 4) is 0 Å². The van der Waals surface area contributed by atoms with Crippen molar-refractivity contribution in [3.05, 3.63) is 59.9 Å². The normalized spacial score (nSPS) is 20.1. The molecule has 2 aromatic heterocycles. The van der Waals surface area contributed by atoms with Gasteiger partial charge < -0.3 is 15.0 Å². The topological polar surface area (TPSA) is 84.4 Å². The van der Waals surface area contributed by atoms with Gasteiger partial charge in [-0.05, 0) is 61.4 Å². The lowest BCUT2D eigenvalue weighted by Crippen LogP contribution is -2.47. The van der Waals surface area contributed by atoms with Gasteiger partial charge in [-0.1, -0.05) is 12.1 Å². The summed E-state index contributed by atoms with van der Waals surface area (Å²) in [7, 11) is 2.41. The zero-order valence-electron chi connectivity index (χ0n) is 20.5. The largest absolute Gasteiger partial charge is 0.469 e. The summed E-state index contributed by atoms with van der Waals surface area (Å²) >= 11 is 0. The van der Waals surface area contributed by atoms with E-state index in [0.29, 0.717) is 11.6 Å². The van der Waals surface area contributed by atoms with E-state index < -0.39 is 35.9 Å². The van der Waals surface area contributed by atoms with E-state index in [1.54, 1.807) is 24.5 Å². The fourth-order valence-corrected chi connectivity index (χ4v) is 5.05. The first-order valence-corrected chi connectivity index (χ1v) is 12.2. The molecular formula is C27H27F3N4O3. The number of hydrogen-bond acceptors (Lipinski definition) is 6. The monoisotopic (exact) mass is 512 g/mol. The van der Waals surface area contributed by atoms with Gasteiger partial charge in [-0.3, -0.25) is 19.6 Å². The lowest BCUT2D eigenvalue weighted by Gasteiger charge is -2.38. The Morgan fingerprint density at radius 1 is 1.08 bits per heavy atom. The summed E-state index contributed by atoms with van der Waals surface area (Å²) in [5.74, 6) is -1.77. The van der Waals surface area contributed by atoms with Gasteiger partial charge in [0.1, 0.15) is 0 Å². The van der Waals surface area contributed by atoms with Gasteiger partial charge in [0.25, 0.3) is 0 Å². The Labute approximate surface area is 212 Å². The molecule has 0 unspecified atom stereocenters. The minimum absolute atomic E-state index is 0.0431. The van der Waals surface area contributed by atoms with E-state index in [9.17, 15) is 22.8 Å². The smallest absolute Gasteiger partial charge is 0.413 e. The number of esters is 1. The first kappa shape index (κ1) is 25.0. The maximum Gasteiger partial charge on any atom is 0.413 e. The van der Waals surface area contributed by atoms with Crippen LogP contribution in [0, 0.1) is 11.8 Å². The average Bonchev–Trinajstić information content (AvgIpc) is 3.68. The van der Waals surface area contributed by atoms with E-state index in [1.807, 2.05) is 12.1 Å². The van der Waals surface area contributed by atoms with Crippen molar-refractivity contribution >= 4 is 34.3 Å². The molecule has 37 heavy (non-hydrogen) atoms. The highest BCUT2D eigenvalue weighted by atomic mass is 19.4. The summed E-state index contributed by atoms with van der Waals surface area (Å²) in [6.07, 6.45) is 1.29. The Morgan fingerprint density at radius 2 is 1.78 bits per heavy atom. The molecule has 1 N–H and O–H groups in total. The predicted octanol–water partition coefficient (Wildman–Crippen LogP) is 5.51. The molecule has 1 aromatic carbocycles. The van der Waals surface area contributed by atoms with Crippen molar-refractivity contribution in [3.63, 3.8) is 0 Å². The van der Waals surface area contributed by atoms with E-state index in [0.717, 1.165) is 47.1 Å². The number of nitrogens with one attached hydrogen (secondary N) is 1. The second-order valence-corrected chi connectivity index (χ2v) is 9.76. The Hall–Kier alpha value is -3.69. The van der Waals surface area contributed by atoms with Crippen LogP contribution in [-0.2, 0) is 14.3 Å². The van der Waals surface area contributed by atoms with E-state index >= 15 is 0 Å². The molecule has 0 saturated heterocycles. The molecule has 1 amide bonds. The second-order valence-electron chi connectivity index (χ2n) is 9.76. The highest BCUT2D eigenvalue weighted by Gasteiger charge is 2.48. The maximum atomic E-state index is 14.1. The van der Waals surface area contributed by atoms with E-state index in [2.05, 4.69) is 20.0 Å². The number of nitrogens with zero attached hydrogens (tertiary/aromatic N) is 3. The van der Waals surface area contributed by atoms with E-state index in [1.165, 1.54) is 19.2 Å². The molecular weight excluding hydrogens is 485 g/mol. The number of aromatic nitrogens is 2. The van der Waals surface area contributed by atoms with Crippen LogP contribution in [0.1, 0.15) is 48.8 Å². The molecule has 2 aliphatic carbocycles. The summed E-state index contributed by atoms with van der Waals surface area (Å²) in [6.45, 7) is 0. The molecule has 2 fully saturated rings. The minimum Gasteiger partial charge on any atom is -0.469 e. The molecule has 2 aliphatic rings. The molecule has 3 aromatic rings. The summed E-state index contributed by atoms with van der Waals surface area (Å²) in [6, 6.07) is 7.54. The number of carbonyl (C=O) groups is 2. The van der Waals surface area contributed by atoms with Crippen molar-refractivity contribution in [2.75, 3.05) is 19.5 Å². The van der Waals surface area contributed by atoms with Crippen molar-refractivity contribution in [2.45, 2.75) is 43.8 Å². The fraction of sp³-hybridized carbons (Fsp3) is 0.407. The van der Waals surface area contributed by atoms with Gasteiger partial charge in [-0.2, -0.15) is 13.2 Å². The predicted molar refractivity (Wildman–Crippen MR) is 131 cm³/mol. The number of halogens is 3. The highest BCUT2D eigenvalue weighted by Crippen LogP contribution is 2.46. The lowest BCUT2D eigenvalue weighted by atomic mass is 9.74. The first-order chi connectivity index (χ1) is 17.7. The van der Waals surface area contributed by atoms with Crippen LogP contribution in [0.25, 0.3) is 11.0 Å². The van der Waals surface area contributed by atoms with E-state index in [4.69, 9.17) is 0 Å². The zero-order chi connectivity index (χ0) is 26.3. The number of ether oxygens (including phenoxy) is 1. The number of amides is 1. The molecule has 2 saturated carbocycles. The van der Waals surface area contributed by atoms with Crippen molar-refractivity contribution in [1.82, 2.24) is 14.9 Å². The second kappa shape index (κ2) is 9.64. The Balaban J connectivity index is 1.35. The molecule has 1 atom stereocenters. The van der Waals surface area contributed by atoms with Gasteiger partial charge in [-0.15, -0.1) is 0 Å². The van der Waals surface area contributed by atoms with Gasteiger partial charge in [-0.25, -0.2) is 0 Å². The van der Waals surface area contributed by atoms with Crippen LogP contribution in [0.3, 0.4) is 0 Å². The van der Waals surface area contributed by atoms with Crippen LogP contribution in [0.4, 0.5) is 24.5 Å². The minimum atomic E-state index is -4.67. The quantitative estimate of drug-likeness (QED) is 0.420. The number of hydrogen-bond donors (Lipinski definition) is 1. The first-order valence-electron chi connectivity index (χ1n) is 12.2. The van der Waals surface area contributed by atoms with Gasteiger partial charge in [0, 0.05) is 30.4 Å². The fourth-order valence-electron chi connectivity index (χ4n) is 5.05. The number of fused-ring (bicyclic) bond motifs is 1. The molecule has 0 spiro atoms. The number of rotatable bonds is 7.